The third kappa shape index (κ3) is 2.49. The van der Waals surface area contributed by atoms with Gasteiger partial charge in [-0.05, 0) is 18.9 Å². The number of carbonyl (C=O) groups excluding carboxylic acids is 1. The zero-order valence-corrected chi connectivity index (χ0v) is 12.8. The number of halogens is 1. The lowest BCUT2D eigenvalue weighted by Crippen LogP contribution is -2.20. The van der Waals surface area contributed by atoms with E-state index in [1.54, 1.807) is 4.57 Å². The van der Waals surface area contributed by atoms with E-state index in [4.69, 9.17) is 4.74 Å². The molecule has 7 nitrogen and oxygen atoms in total. The van der Waals surface area contributed by atoms with E-state index in [-0.39, 0.29) is 29.4 Å². The molecule has 1 aromatic heterocycles. The molecule has 1 aliphatic rings. The van der Waals surface area contributed by atoms with Crippen LogP contribution in [0.15, 0.2) is 17.1 Å². The molecular formula is C16H15FN2O5. The predicted molar refractivity (Wildman–Crippen MR) is 84.5 cm³/mol. The Morgan fingerprint density at radius 1 is 1.54 bits per heavy atom. The van der Waals surface area contributed by atoms with E-state index in [9.17, 15) is 23.9 Å². The third-order valence-corrected chi connectivity index (χ3v) is 3.96. The normalized spacial score (nSPS) is 13.8. The average molecular weight is 334 g/mol. The Labute approximate surface area is 135 Å². The monoisotopic (exact) mass is 334 g/mol. The summed E-state index contributed by atoms with van der Waals surface area (Å²) in [5.74, 6) is -2.07. The number of aromatic carboxylic acids is 1. The fraction of sp³-hybridized carbons (Fsp3) is 0.312. The number of nitrogens with one attached hydrogen (secondary N) is 1. The molecule has 1 heterocycles. The van der Waals surface area contributed by atoms with E-state index in [2.05, 4.69) is 5.32 Å². The number of carboxylic acid groups (broad SMARTS) is 1. The Morgan fingerprint density at radius 2 is 2.25 bits per heavy atom. The van der Waals surface area contributed by atoms with E-state index in [0.29, 0.717) is 11.8 Å². The average Bonchev–Trinajstić information content (AvgIpc) is 3.38. The Balaban J connectivity index is 2.41. The number of hydrogen-bond acceptors (Lipinski definition) is 5. The first kappa shape index (κ1) is 16.0. The number of hydrogen-bond donors (Lipinski definition) is 2. The SMILES string of the molecule is COc1c(NCC=O)c(F)cc2c(=O)c(C(=O)O)cn(C3CC3)c12. The lowest BCUT2D eigenvalue weighted by molar-refractivity contribution is -0.106. The van der Waals surface area contributed by atoms with Gasteiger partial charge in [-0.2, -0.15) is 0 Å². The smallest absolute Gasteiger partial charge is 0.341 e. The second-order valence-electron chi connectivity index (χ2n) is 5.53. The molecule has 0 bridgehead atoms. The molecule has 0 saturated heterocycles. The van der Waals surface area contributed by atoms with Crippen molar-refractivity contribution >= 4 is 28.8 Å². The molecule has 8 heteroatoms. The summed E-state index contributed by atoms with van der Waals surface area (Å²) in [6, 6.07) is 1.02. The summed E-state index contributed by atoms with van der Waals surface area (Å²) in [5, 5.41) is 11.8. The lowest BCUT2D eigenvalue weighted by Gasteiger charge is -2.18. The van der Waals surface area contributed by atoms with Crippen molar-refractivity contribution in [2.45, 2.75) is 18.9 Å². The van der Waals surface area contributed by atoms with Gasteiger partial charge in [0.1, 0.15) is 17.5 Å². The molecule has 0 radical (unpaired) electrons. The molecule has 0 amide bonds. The van der Waals surface area contributed by atoms with Gasteiger partial charge in [-0.3, -0.25) is 4.79 Å². The van der Waals surface area contributed by atoms with Crippen molar-refractivity contribution in [3.63, 3.8) is 0 Å². The van der Waals surface area contributed by atoms with Gasteiger partial charge in [0.2, 0.25) is 5.43 Å². The predicted octanol–water partition coefficient (Wildman–Crippen LogP) is 1.79. The number of benzene rings is 1. The second kappa shape index (κ2) is 5.95. The van der Waals surface area contributed by atoms with Crippen LogP contribution in [0.2, 0.25) is 0 Å². The molecule has 0 atom stereocenters. The van der Waals surface area contributed by atoms with E-state index in [1.807, 2.05) is 0 Å². The molecule has 2 aromatic rings. The van der Waals surface area contributed by atoms with Crippen LogP contribution in [-0.2, 0) is 4.79 Å². The molecule has 0 spiro atoms. The van der Waals surface area contributed by atoms with Crippen molar-refractivity contribution in [3.8, 4) is 5.75 Å². The van der Waals surface area contributed by atoms with Crippen LogP contribution in [0.4, 0.5) is 10.1 Å². The minimum Gasteiger partial charge on any atom is -0.492 e. The van der Waals surface area contributed by atoms with Crippen LogP contribution < -0.4 is 15.5 Å². The minimum atomic E-state index is -1.36. The van der Waals surface area contributed by atoms with Gasteiger partial charge in [0.15, 0.2) is 11.6 Å². The highest BCUT2D eigenvalue weighted by Gasteiger charge is 2.30. The van der Waals surface area contributed by atoms with Gasteiger partial charge >= 0.3 is 5.97 Å². The number of aldehydes is 1. The molecule has 1 aromatic carbocycles. The third-order valence-electron chi connectivity index (χ3n) is 3.96. The maximum Gasteiger partial charge on any atom is 0.341 e. The maximum absolute atomic E-state index is 14.4. The molecular weight excluding hydrogens is 319 g/mol. The topological polar surface area (TPSA) is 97.6 Å². The fourth-order valence-electron chi connectivity index (χ4n) is 2.75. The maximum atomic E-state index is 14.4. The van der Waals surface area contributed by atoms with Crippen LogP contribution >= 0.6 is 0 Å². The minimum absolute atomic E-state index is 0.0319. The lowest BCUT2D eigenvalue weighted by atomic mass is 10.1. The summed E-state index contributed by atoms with van der Waals surface area (Å²) < 4.78 is 21.3. The molecule has 1 saturated carbocycles. The molecule has 1 fully saturated rings. The van der Waals surface area contributed by atoms with Gasteiger partial charge in [0, 0.05) is 12.2 Å². The highest BCUT2D eigenvalue weighted by Crippen LogP contribution is 2.42. The van der Waals surface area contributed by atoms with E-state index < -0.39 is 22.8 Å². The first-order chi connectivity index (χ1) is 11.5. The van der Waals surface area contributed by atoms with Crippen molar-refractivity contribution in [1.29, 1.82) is 0 Å². The van der Waals surface area contributed by atoms with Crippen molar-refractivity contribution in [1.82, 2.24) is 4.57 Å². The first-order valence-electron chi connectivity index (χ1n) is 7.35. The van der Waals surface area contributed by atoms with Gasteiger partial charge in [0.05, 0.1) is 24.6 Å². The Hall–Kier alpha value is -2.90. The number of anilines is 1. The molecule has 3 rings (SSSR count). The quantitative estimate of drug-likeness (QED) is 0.782. The number of aromatic nitrogens is 1. The number of methoxy groups -OCH3 is 1. The van der Waals surface area contributed by atoms with Gasteiger partial charge in [-0.25, -0.2) is 9.18 Å². The number of ether oxygens (including phenoxy) is 1. The van der Waals surface area contributed by atoms with Crippen LogP contribution in [-0.4, -0.2) is 35.6 Å². The fourth-order valence-corrected chi connectivity index (χ4v) is 2.75. The standard InChI is InChI=1S/C16H15FN2O5/c1-24-15-12(18-4-5-20)11(17)6-9-13(15)19(8-2-3-8)7-10(14(9)21)16(22)23/h5-8,18H,2-4H2,1H3,(H,22,23). The summed E-state index contributed by atoms with van der Waals surface area (Å²) in [6.45, 7) is -0.125. The number of carboxylic acids is 1. The Kier molecular flexibility index (Phi) is 3.96. The first-order valence-corrected chi connectivity index (χ1v) is 7.35. The largest absolute Gasteiger partial charge is 0.492 e. The zero-order chi connectivity index (χ0) is 17.4. The highest BCUT2D eigenvalue weighted by molar-refractivity contribution is 5.97. The molecule has 1 aliphatic carbocycles. The van der Waals surface area contributed by atoms with E-state index >= 15 is 0 Å². The number of nitrogens with zero attached hydrogens (tertiary/aromatic N) is 1. The molecule has 24 heavy (non-hydrogen) atoms. The summed E-state index contributed by atoms with van der Waals surface area (Å²) in [6.07, 6.45) is 3.50. The summed E-state index contributed by atoms with van der Waals surface area (Å²) in [4.78, 5) is 34.3. The van der Waals surface area contributed by atoms with Crippen molar-refractivity contribution in [2.75, 3.05) is 19.0 Å². The van der Waals surface area contributed by atoms with Crippen molar-refractivity contribution in [3.05, 3.63) is 33.9 Å². The number of rotatable bonds is 6. The van der Waals surface area contributed by atoms with Crippen LogP contribution in [0.5, 0.6) is 5.75 Å². The van der Waals surface area contributed by atoms with Gasteiger partial charge < -0.3 is 24.5 Å². The van der Waals surface area contributed by atoms with Gasteiger partial charge in [0.25, 0.3) is 0 Å². The second-order valence-corrected chi connectivity index (χ2v) is 5.53. The van der Waals surface area contributed by atoms with E-state index in [1.165, 1.54) is 13.3 Å². The Morgan fingerprint density at radius 3 is 2.79 bits per heavy atom. The van der Waals surface area contributed by atoms with Gasteiger partial charge in [-0.15, -0.1) is 0 Å². The van der Waals surface area contributed by atoms with E-state index in [0.717, 1.165) is 18.9 Å². The summed E-state index contributed by atoms with van der Waals surface area (Å²) in [5.41, 5.74) is -0.892. The molecule has 0 unspecified atom stereocenters. The number of pyridine rings is 1. The van der Waals surface area contributed by atoms with Crippen LogP contribution in [0, 0.1) is 5.82 Å². The molecule has 126 valence electrons. The number of carbonyl (C=O) groups is 2. The number of fused-ring (bicyclic) bond motifs is 1. The van der Waals surface area contributed by atoms with Crippen molar-refractivity contribution in [2.24, 2.45) is 0 Å². The Bertz CT molecular complexity index is 902. The molecule has 0 aliphatic heterocycles. The highest BCUT2D eigenvalue weighted by atomic mass is 19.1. The van der Waals surface area contributed by atoms with Crippen LogP contribution in [0.3, 0.4) is 0 Å². The van der Waals surface area contributed by atoms with Crippen molar-refractivity contribution < 1.29 is 23.8 Å². The molecule has 2 N–H and O–H groups in total. The zero-order valence-electron chi connectivity index (χ0n) is 12.8. The summed E-state index contributed by atoms with van der Waals surface area (Å²) in [7, 11) is 1.33. The summed E-state index contributed by atoms with van der Waals surface area (Å²) >= 11 is 0. The van der Waals surface area contributed by atoms with Crippen LogP contribution in [0.25, 0.3) is 10.9 Å². The van der Waals surface area contributed by atoms with Gasteiger partial charge in [-0.1, -0.05) is 0 Å². The van der Waals surface area contributed by atoms with Crippen LogP contribution in [0.1, 0.15) is 29.2 Å².